The van der Waals surface area contributed by atoms with Crippen molar-refractivity contribution >= 4 is 0 Å². The Morgan fingerprint density at radius 2 is 1.21 bits per heavy atom. The van der Waals surface area contributed by atoms with Gasteiger partial charge in [-0.05, 0) is 94.8 Å². The summed E-state index contributed by atoms with van der Waals surface area (Å²) in [4.78, 5) is 5.59. The fraction of sp³-hybridized carbons (Fsp3) is 0.938. The number of nitrogens with zero attached hydrogens (tertiary/aromatic N) is 2. The van der Waals surface area contributed by atoms with Crippen LogP contribution < -0.4 is 0 Å². The molecule has 0 amide bonds. The average Bonchev–Trinajstić information content (AvgIpc) is 2.91. The van der Waals surface area contributed by atoms with Crippen LogP contribution in [0.15, 0.2) is 11.6 Å². The highest BCUT2D eigenvalue weighted by Gasteiger charge is 2.41. The van der Waals surface area contributed by atoms with Crippen LogP contribution >= 0.6 is 0 Å². The van der Waals surface area contributed by atoms with Crippen LogP contribution in [-0.4, -0.2) is 47.1 Å². The van der Waals surface area contributed by atoms with Crippen molar-refractivity contribution in [1.29, 1.82) is 0 Å². The lowest BCUT2D eigenvalue weighted by atomic mass is 9.68. The highest BCUT2D eigenvalue weighted by atomic mass is 15.3. The molecule has 0 aromatic carbocycles. The van der Waals surface area contributed by atoms with Crippen LogP contribution in [-0.2, 0) is 0 Å². The van der Waals surface area contributed by atoms with E-state index in [-0.39, 0.29) is 11.1 Å². The van der Waals surface area contributed by atoms with E-state index in [9.17, 15) is 0 Å². The van der Waals surface area contributed by atoms with E-state index >= 15 is 0 Å². The maximum absolute atomic E-state index is 2.81. The molecule has 0 aromatic rings. The van der Waals surface area contributed by atoms with E-state index in [0.717, 1.165) is 5.92 Å². The van der Waals surface area contributed by atoms with E-state index in [2.05, 4.69) is 99.0 Å². The van der Waals surface area contributed by atoms with Gasteiger partial charge in [-0.2, -0.15) is 0 Å². The topological polar surface area (TPSA) is 6.48 Å². The summed E-state index contributed by atoms with van der Waals surface area (Å²) in [6.45, 7) is 34.2. The lowest BCUT2D eigenvalue weighted by Gasteiger charge is -2.52. The minimum absolute atomic E-state index is 0.263. The molecule has 1 heterocycles. The van der Waals surface area contributed by atoms with E-state index in [0.29, 0.717) is 16.2 Å². The van der Waals surface area contributed by atoms with E-state index in [1.54, 1.807) is 5.57 Å². The minimum atomic E-state index is 0.263. The molecule has 0 bridgehead atoms. The van der Waals surface area contributed by atoms with Gasteiger partial charge in [-0.1, -0.05) is 73.5 Å². The predicted octanol–water partition coefficient (Wildman–Crippen LogP) is 8.96. The first-order chi connectivity index (χ1) is 15.4. The smallest absolute Gasteiger partial charge is 0.0159 e. The van der Waals surface area contributed by atoms with E-state index in [1.807, 2.05) is 0 Å². The van der Waals surface area contributed by atoms with Crippen LogP contribution in [0.5, 0.6) is 0 Å². The van der Waals surface area contributed by atoms with Crippen molar-refractivity contribution in [3.63, 3.8) is 0 Å². The molecule has 1 atom stereocenters. The van der Waals surface area contributed by atoms with Crippen LogP contribution in [0.25, 0.3) is 0 Å². The van der Waals surface area contributed by atoms with Gasteiger partial charge < -0.3 is 0 Å². The van der Waals surface area contributed by atoms with Gasteiger partial charge in [0.25, 0.3) is 0 Å². The molecule has 1 saturated carbocycles. The fourth-order valence-corrected chi connectivity index (χ4v) is 7.44. The first-order valence-corrected chi connectivity index (χ1v) is 14.6. The van der Waals surface area contributed by atoms with Crippen molar-refractivity contribution < 1.29 is 0 Å². The molecule has 200 valence electrons. The summed E-state index contributed by atoms with van der Waals surface area (Å²) >= 11 is 0. The molecule has 2 rings (SSSR count). The van der Waals surface area contributed by atoms with E-state index < -0.39 is 0 Å². The monoisotopic (exact) mass is 474 g/mol. The Balaban J connectivity index is 1.97. The lowest BCUT2D eigenvalue weighted by molar-refractivity contribution is -0.0259. The van der Waals surface area contributed by atoms with Crippen molar-refractivity contribution in [3.8, 4) is 0 Å². The number of rotatable bonds is 8. The maximum Gasteiger partial charge on any atom is 0.0159 e. The summed E-state index contributed by atoms with van der Waals surface area (Å²) < 4.78 is 0. The molecule has 2 aliphatic rings. The fourth-order valence-electron chi connectivity index (χ4n) is 7.44. The average molecular weight is 475 g/mol. The molecule has 2 fully saturated rings. The molecule has 1 saturated heterocycles. The van der Waals surface area contributed by atoms with Gasteiger partial charge in [0.1, 0.15) is 0 Å². The van der Waals surface area contributed by atoms with Gasteiger partial charge >= 0.3 is 0 Å². The maximum atomic E-state index is 2.81. The minimum Gasteiger partial charge on any atom is -0.296 e. The molecule has 1 aliphatic carbocycles. The van der Waals surface area contributed by atoms with Crippen LogP contribution in [0.3, 0.4) is 0 Å². The SMILES string of the molecule is CCC(C)(C)CC(C)(C)N1CCN(C(C)(C)CC(C)(C)C2CCC/C(=C\C(C)(C)C)CC2)CC1. The Bertz CT molecular complexity index is 666. The van der Waals surface area contributed by atoms with E-state index in [1.165, 1.54) is 77.5 Å². The highest BCUT2D eigenvalue weighted by molar-refractivity contribution is 5.09. The molecule has 2 nitrogen and oxygen atoms in total. The van der Waals surface area contributed by atoms with Crippen LogP contribution in [0.4, 0.5) is 0 Å². The van der Waals surface area contributed by atoms with Gasteiger partial charge in [-0.25, -0.2) is 0 Å². The van der Waals surface area contributed by atoms with Crippen molar-refractivity contribution in [2.24, 2.45) is 22.2 Å². The predicted molar refractivity (Wildman–Crippen MR) is 153 cm³/mol. The zero-order valence-electron chi connectivity index (χ0n) is 25.5. The van der Waals surface area contributed by atoms with Crippen LogP contribution in [0.1, 0.15) is 134 Å². The van der Waals surface area contributed by atoms with Gasteiger partial charge in [0, 0.05) is 37.3 Å². The van der Waals surface area contributed by atoms with Gasteiger partial charge in [-0.3, -0.25) is 9.80 Å². The molecule has 0 N–H and O–H groups in total. The zero-order chi connectivity index (χ0) is 26.0. The summed E-state index contributed by atoms with van der Waals surface area (Å²) in [5.74, 6) is 0.842. The lowest BCUT2D eigenvalue weighted by Crippen LogP contribution is -2.60. The van der Waals surface area contributed by atoms with Crippen LogP contribution in [0.2, 0.25) is 0 Å². The summed E-state index contributed by atoms with van der Waals surface area (Å²) in [6, 6.07) is 0. The van der Waals surface area contributed by atoms with Gasteiger partial charge in [0.2, 0.25) is 0 Å². The quantitative estimate of drug-likeness (QED) is 0.256. The highest BCUT2D eigenvalue weighted by Crippen LogP contribution is 2.45. The first kappa shape index (κ1) is 29.9. The Hall–Kier alpha value is -0.340. The van der Waals surface area contributed by atoms with Crippen molar-refractivity contribution in [1.82, 2.24) is 9.80 Å². The third kappa shape index (κ3) is 8.65. The summed E-state index contributed by atoms with van der Waals surface area (Å²) in [7, 11) is 0. The first-order valence-electron chi connectivity index (χ1n) is 14.6. The molecule has 0 aromatic heterocycles. The Morgan fingerprint density at radius 3 is 1.68 bits per heavy atom. The summed E-state index contributed by atoms with van der Waals surface area (Å²) in [5.41, 5.74) is 3.39. The summed E-state index contributed by atoms with van der Waals surface area (Å²) in [5, 5.41) is 0. The molecule has 1 unspecified atom stereocenters. The van der Waals surface area contributed by atoms with Gasteiger partial charge in [-0.15, -0.1) is 0 Å². The molecule has 0 spiro atoms. The van der Waals surface area contributed by atoms with Gasteiger partial charge in [0.15, 0.2) is 0 Å². The second-order valence-electron chi connectivity index (χ2n) is 15.8. The Kier molecular flexibility index (Phi) is 9.63. The van der Waals surface area contributed by atoms with Crippen molar-refractivity contribution in [3.05, 3.63) is 11.6 Å². The molecule has 34 heavy (non-hydrogen) atoms. The number of allylic oxidation sites excluding steroid dienone is 2. The number of hydrogen-bond donors (Lipinski definition) is 0. The van der Waals surface area contributed by atoms with Crippen molar-refractivity contribution in [2.45, 2.75) is 146 Å². The van der Waals surface area contributed by atoms with Crippen molar-refractivity contribution in [2.75, 3.05) is 26.2 Å². The molecule has 2 heteroatoms. The second kappa shape index (κ2) is 11.0. The molecular weight excluding hydrogens is 412 g/mol. The molecule has 1 aliphatic heterocycles. The van der Waals surface area contributed by atoms with Gasteiger partial charge in [0.05, 0.1) is 0 Å². The summed E-state index contributed by atoms with van der Waals surface area (Å²) in [6.07, 6.45) is 13.2. The Labute approximate surface area is 215 Å². The molecule has 0 radical (unpaired) electrons. The number of hydrogen-bond acceptors (Lipinski definition) is 2. The standard InChI is InChI=1S/C32H62N2/c1-13-29(5,6)24-31(9,10)33-19-21-34(22-20-33)32(11,12)25-30(7,8)27-16-14-15-26(17-18-27)23-28(2,3)4/h23,27H,13-22,24-25H2,1-12H3/b26-23+. The third-order valence-corrected chi connectivity index (χ3v) is 9.35. The molecular formula is C32H62N2. The Morgan fingerprint density at radius 1 is 0.706 bits per heavy atom. The number of piperazine rings is 1. The van der Waals surface area contributed by atoms with E-state index in [4.69, 9.17) is 0 Å². The third-order valence-electron chi connectivity index (χ3n) is 9.35. The zero-order valence-corrected chi connectivity index (χ0v) is 25.5. The normalized spacial score (nSPS) is 24.5. The van der Waals surface area contributed by atoms with Crippen LogP contribution in [0, 0.1) is 22.2 Å². The largest absolute Gasteiger partial charge is 0.296 e. The second-order valence-corrected chi connectivity index (χ2v) is 15.8.